The van der Waals surface area contributed by atoms with Crippen LogP contribution >= 0.6 is 22.7 Å². The zero-order chi connectivity index (χ0) is 19.1. The third kappa shape index (κ3) is 5.65. The topological polar surface area (TPSA) is 51.2 Å². The van der Waals surface area contributed by atoms with Gasteiger partial charge in [-0.1, -0.05) is 18.2 Å². The third-order valence-corrected chi connectivity index (χ3v) is 6.06. The van der Waals surface area contributed by atoms with Gasteiger partial charge in [-0.15, -0.1) is 22.7 Å². The predicted octanol–water partition coefficient (Wildman–Crippen LogP) is 4.87. The predicted molar refractivity (Wildman–Crippen MR) is 113 cm³/mol. The molecule has 3 rings (SSSR count). The van der Waals surface area contributed by atoms with Gasteiger partial charge >= 0.3 is 0 Å². The third-order valence-electron chi connectivity index (χ3n) is 4.12. The van der Waals surface area contributed by atoms with Gasteiger partial charge in [0.2, 0.25) is 5.91 Å². The molecule has 27 heavy (non-hydrogen) atoms. The van der Waals surface area contributed by atoms with Crippen molar-refractivity contribution in [3.63, 3.8) is 0 Å². The van der Waals surface area contributed by atoms with Crippen molar-refractivity contribution in [1.82, 2.24) is 10.3 Å². The zero-order valence-electron chi connectivity index (χ0n) is 15.7. The Morgan fingerprint density at radius 1 is 1.19 bits per heavy atom. The van der Waals surface area contributed by atoms with Crippen LogP contribution < -0.4 is 10.1 Å². The number of carbonyl (C=O) groups excluding carboxylic acids is 1. The molecule has 0 fully saturated rings. The number of amides is 1. The van der Waals surface area contributed by atoms with E-state index < -0.39 is 0 Å². The van der Waals surface area contributed by atoms with E-state index in [9.17, 15) is 4.79 Å². The van der Waals surface area contributed by atoms with Gasteiger partial charge in [0.15, 0.2) is 0 Å². The van der Waals surface area contributed by atoms with E-state index in [0.29, 0.717) is 26.0 Å². The van der Waals surface area contributed by atoms with Crippen molar-refractivity contribution >= 4 is 28.6 Å². The van der Waals surface area contributed by atoms with E-state index in [2.05, 4.69) is 27.8 Å². The average molecular weight is 401 g/mol. The first-order chi connectivity index (χ1) is 13.2. The lowest BCUT2D eigenvalue weighted by atomic mass is 10.1. The van der Waals surface area contributed by atoms with Crippen LogP contribution in [0.5, 0.6) is 5.75 Å². The molecule has 1 N–H and O–H groups in total. The molecule has 0 aliphatic heterocycles. The fourth-order valence-corrected chi connectivity index (χ4v) is 4.45. The molecule has 0 unspecified atom stereocenters. The molecule has 3 aromatic rings. The van der Waals surface area contributed by atoms with Gasteiger partial charge in [0.1, 0.15) is 5.75 Å². The summed E-state index contributed by atoms with van der Waals surface area (Å²) in [7, 11) is 0. The molecule has 0 atom stereocenters. The molecule has 4 nitrogen and oxygen atoms in total. The van der Waals surface area contributed by atoms with Gasteiger partial charge in [-0.25, -0.2) is 4.98 Å². The van der Waals surface area contributed by atoms with Crippen molar-refractivity contribution in [2.24, 2.45) is 0 Å². The molecule has 0 spiro atoms. The van der Waals surface area contributed by atoms with Crippen LogP contribution in [0, 0.1) is 6.92 Å². The first-order valence-corrected chi connectivity index (χ1v) is 10.8. The molecular weight excluding hydrogens is 376 g/mol. The Hall–Kier alpha value is -2.18. The monoisotopic (exact) mass is 400 g/mol. The summed E-state index contributed by atoms with van der Waals surface area (Å²) in [6.45, 7) is 5.27. The Kier molecular flexibility index (Phi) is 7.01. The number of ether oxygens (including phenoxy) is 1. The van der Waals surface area contributed by atoms with Crippen LogP contribution in [-0.4, -0.2) is 24.0 Å². The standard InChI is InChI=1S/C21H24N2O2S2/c1-3-25-19-7-5-4-6-16(19)8-11-21(24)22-13-12-17-9-10-20(27-17)18-14-26-15(2)23-18/h4-7,9-10,14H,3,8,11-13H2,1-2H3,(H,22,24). The summed E-state index contributed by atoms with van der Waals surface area (Å²) in [5.74, 6) is 0.949. The number of carbonyl (C=O) groups is 1. The Labute approximate surface area is 168 Å². The summed E-state index contributed by atoms with van der Waals surface area (Å²) < 4.78 is 5.61. The largest absolute Gasteiger partial charge is 0.494 e. The molecule has 0 aliphatic rings. The number of aromatic nitrogens is 1. The van der Waals surface area contributed by atoms with Crippen molar-refractivity contribution in [3.05, 3.63) is 57.2 Å². The highest BCUT2D eigenvalue weighted by molar-refractivity contribution is 7.16. The zero-order valence-corrected chi connectivity index (χ0v) is 17.3. The SMILES string of the molecule is CCOc1ccccc1CCC(=O)NCCc1ccc(-c2csc(C)n2)s1. The number of thiophene rings is 1. The fraction of sp³-hybridized carbons (Fsp3) is 0.333. The summed E-state index contributed by atoms with van der Waals surface area (Å²) in [6.07, 6.45) is 2.00. The van der Waals surface area contributed by atoms with E-state index in [1.807, 2.05) is 38.1 Å². The first kappa shape index (κ1) is 19.6. The molecule has 0 bridgehead atoms. The van der Waals surface area contributed by atoms with Gasteiger partial charge in [0.25, 0.3) is 0 Å². The summed E-state index contributed by atoms with van der Waals surface area (Å²) in [6, 6.07) is 12.1. The van der Waals surface area contributed by atoms with Crippen molar-refractivity contribution < 1.29 is 9.53 Å². The number of hydrogen-bond donors (Lipinski definition) is 1. The van der Waals surface area contributed by atoms with Crippen LogP contribution in [0.1, 0.15) is 28.8 Å². The van der Waals surface area contributed by atoms with Crippen LogP contribution in [0.2, 0.25) is 0 Å². The van der Waals surface area contributed by atoms with Crippen LogP contribution in [0.4, 0.5) is 0 Å². The van der Waals surface area contributed by atoms with E-state index >= 15 is 0 Å². The van der Waals surface area contributed by atoms with Crippen LogP contribution in [0.15, 0.2) is 41.8 Å². The van der Waals surface area contributed by atoms with Crippen molar-refractivity contribution in [3.8, 4) is 16.3 Å². The van der Waals surface area contributed by atoms with Crippen LogP contribution in [0.3, 0.4) is 0 Å². The highest BCUT2D eigenvalue weighted by Crippen LogP contribution is 2.29. The molecule has 0 saturated heterocycles. The molecule has 2 heterocycles. The second-order valence-electron chi connectivity index (χ2n) is 6.16. The van der Waals surface area contributed by atoms with E-state index in [1.54, 1.807) is 22.7 Å². The minimum Gasteiger partial charge on any atom is -0.494 e. The maximum Gasteiger partial charge on any atom is 0.220 e. The maximum absolute atomic E-state index is 12.1. The molecule has 142 valence electrons. The van der Waals surface area contributed by atoms with Crippen molar-refractivity contribution in [2.75, 3.05) is 13.2 Å². The number of hydrogen-bond acceptors (Lipinski definition) is 5. The summed E-state index contributed by atoms with van der Waals surface area (Å²) in [5.41, 5.74) is 2.13. The number of nitrogens with one attached hydrogen (secondary N) is 1. The fourth-order valence-electron chi connectivity index (χ4n) is 2.79. The summed E-state index contributed by atoms with van der Waals surface area (Å²) >= 11 is 3.41. The van der Waals surface area contributed by atoms with Gasteiger partial charge in [0.05, 0.1) is 22.2 Å². The summed E-state index contributed by atoms with van der Waals surface area (Å²) in [4.78, 5) is 19.1. The lowest BCUT2D eigenvalue weighted by molar-refractivity contribution is -0.121. The highest BCUT2D eigenvalue weighted by Gasteiger charge is 2.08. The minimum atomic E-state index is 0.0770. The smallest absolute Gasteiger partial charge is 0.220 e. The summed E-state index contributed by atoms with van der Waals surface area (Å²) in [5, 5.41) is 6.19. The quantitative estimate of drug-likeness (QED) is 0.557. The average Bonchev–Trinajstić information content (AvgIpc) is 3.30. The Morgan fingerprint density at radius 3 is 2.81 bits per heavy atom. The van der Waals surface area contributed by atoms with E-state index in [1.165, 1.54) is 9.75 Å². The van der Waals surface area contributed by atoms with Gasteiger partial charge in [-0.05, 0) is 50.5 Å². The molecule has 1 aromatic carbocycles. The lowest BCUT2D eigenvalue weighted by Gasteiger charge is -2.10. The molecule has 6 heteroatoms. The van der Waals surface area contributed by atoms with Gasteiger partial charge in [0, 0.05) is 23.2 Å². The van der Waals surface area contributed by atoms with Crippen molar-refractivity contribution in [1.29, 1.82) is 0 Å². The number of para-hydroxylation sites is 1. The van der Waals surface area contributed by atoms with E-state index in [4.69, 9.17) is 4.74 Å². The second kappa shape index (κ2) is 9.67. The lowest BCUT2D eigenvalue weighted by Crippen LogP contribution is -2.25. The second-order valence-corrected chi connectivity index (χ2v) is 8.39. The molecule has 2 aromatic heterocycles. The first-order valence-electron chi connectivity index (χ1n) is 9.14. The molecule has 0 radical (unpaired) electrons. The number of thiazole rings is 1. The van der Waals surface area contributed by atoms with Gasteiger partial charge in [-0.3, -0.25) is 4.79 Å². The van der Waals surface area contributed by atoms with E-state index in [0.717, 1.165) is 28.4 Å². The number of benzene rings is 1. The molecule has 1 amide bonds. The van der Waals surface area contributed by atoms with Crippen molar-refractivity contribution in [2.45, 2.75) is 33.1 Å². The Bertz CT molecular complexity index is 886. The highest BCUT2D eigenvalue weighted by atomic mass is 32.1. The number of aryl methyl sites for hydroxylation is 2. The number of nitrogens with zero attached hydrogens (tertiary/aromatic N) is 1. The van der Waals surface area contributed by atoms with Crippen LogP contribution in [-0.2, 0) is 17.6 Å². The molecular formula is C21H24N2O2S2. The van der Waals surface area contributed by atoms with Gasteiger partial charge < -0.3 is 10.1 Å². The molecule has 0 saturated carbocycles. The Balaban J connectivity index is 1.43. The molecule has 0 aliphatic carbocycles. The Morgan fingerprint density at radius 2 is 2.04 bits per heavy atom. The maximum atomic E-state index is 12.1. The van der Waals surface area contributed by atoms with E-state index in [-0.39, 0.29) is 5.91 Å². The van der Waals surface area contributed by atoms with Gasteiger partial charge in [-0.2, -0.15) is 0 Å². The van der Waals surface area contributed by atoms with Crippen LogP contribution in [0.25, 0.3) is 10.6 Å². The minimum absolute atomic E-state index is 0.0770. The number of rotatable bonds is 9. The normalized spacial score (nSPS) is 10.7.